The molecule has 172 valence electrons. The van der Waals surface area contributed by atoms with E-state index in [1.54, 1.807) is 0 Å². The first-order chi connectivity index (χ1) is 16.4. The van der Waals surface area contributed by atoms with E-state index in [9.17, 15) is 9.59 Å². The van der Waals surface area contributed by atoms with E-state index < -0.39 is 0 Å². The van der Waals surface area contributed by atoms with Crippen molar-refractivity contribution in [2.24, 2.45) is 0 Å². The third-order valence-electron chi connectivity index (χ3n) is 6.09. The van der Waals surface area contributed by atoms with E-state index in [0.29, 0.717) is 28.6 Å². The highest BCUT2D eigenvalue weighted by Crippen LogP contribution is 2.40. The molecule has 1 saturated carbocycles. The van der Waals surface area contributed by atoms with Crippen molar-refractivity contribution < 1.29 is 9.59 Å². The standard InChI is InChI=1S/C27H26N4O2S/c1-15-7-9-20(10-8-15)25(32)30-21-6-4-5-18(13-21)14-28-26(33)23-16(2)22-17(3)29-24(19-11-12-19)31-27(22)34-23/h4-10,13,19H,11-12,14H2,1-3H3,(H,28,33)(H,30,32). The van der Waals surface area contributed by atoms with Crippen LogP contribution in [0.5, 0.6) is 0 Å². The Morgan fingerprint density at radius 2 is 1.76 bits per heavy atom. The van der Waals surface area contributed by atoms with Gasteiger partial charge in [-0.1, -0.05) is 29.8 Å². The molecule has 34 heavy (non-hydrogen) atoms. The number of carbonyl (C=O) groups excluding carboxylic acids is 2. The molecule has 0 radical (unpaired) electrons. The third-order valence-corrected chi connectivity index (χ3v) is 7.27. The lowest BCUT2D eigenvalue weighted by molar-refractivity contribution is 0.0953. The number of amides is 2. The average molecular weight is 471 g/mol. The SMILES string of the molecule is Cc1ccc(C(=O)Nc2cccc(CNC(=O)c3sc4nc(C5CC5)nc(C)c4c3C)c2)cc1. The molecule has 1 fully saturated rings. The lowest BCUT2D eigenvalue weighted by Gasteiger charge is -2.09. The Morgan fingerprint density at radius 3 is 2.50 bits per heavy atom. The molecule has 0 spiro atoms. The van der Waals surface area contributed by atoms with Gasteiger partial charge in [-0.2, -0.15) is 0 Å². The molecule has 6 nitrogen and oxygen atoms in total. The Labute approximate surface area is 202 Å². The number of anilines is 1. The summed E-state index contributed by atoms with van der Waals surface area (Å²) in [6.45, 7) is 6.30. The molecule has 0 aliphatic heterocycles. The number of rotatable bonds is 6. The second kappa shape index (κ2) is 8.99. The van der Waals surface area contributed by atoms with Crippen LogP contribution in [-0.4, -0.2) is 21.8 Å². The van der Waals surface area contributed by atoms with Crippen LogP contribution in [0.25, 0.3) is 10.2 Å². The van der Waals surface area contributed by atoms with E-state index in [1.807, 2.05) is 69.3 Å². The van der Waals surface area contributed by atoms with Crippen molar-refractivity contribution in [1.29, 1.82) is 0 Å². The summed E-state index contributed by atoms with van der Waals surface area (Å²) < 4.78 is 0. The highest BCUT2D eigenvalue weighted by Gasteiger charge is 2.28. The Hall–Kier alpha value is -3.58. The minimum absolute atomic E-state index is 0.123. The van der Waals surface area contributed by atoms with Gasteiger partial charge in [0.15, 0.2) is 0 Å². The molecule has 2 aromatic carbocycles. The van der Waals surface area contributed by atoms with E-state index in [4.69, 9.17) is 4.98 Å². The van der Waals surface area contributed by atoms with Crippen molar-refractivity contribution in [2.45, 2.75) is 46.1 Å². The van der Waals surface area contributed by atoms with Crippen molar-refractivity contribution in [3.05, 3.63) is 87.2 Å². The number of hydrogen-bond donors (Lipinski definition) is 2. The normalized spacial score (nSPS) is 13.1. The number of hydrogen-bond acceptors (Lipinski definition) is 5. The Kier molecular flexibility index (Phi) is 5.87. The van der Waals surface area contributed by atoms with Gasteiger partial charge < -0.3 is 10.6 Å². The van der Waals surface area contributed by atoms with Gasteiger partial charge in [-0.05, 0) is 69.0 Å². The molecule has 0 saturated heterocycles. The molecular weight excluding hydrogens is 444 g/mol. The summed E-state index contributed by atoms with van der Waals surface area (Å²) in [7, 11) is 0. The van der Waals surface area contributed by atoms with E-state index in [2.05, 4.69) is 15.6 Å². The van der Waals surface area contributed by atoms with Crippen LogP contribution in [0.1, 0.15) is 67.0 Å². The number of carbonyl (C=O) groups is 2. The van der Waals surface area contributed by atoms with E-state index >= 15 is 0 Å². The van der Waals surface area contributed by atoms with Gasteiger partial charge in [-0.3, -0.25) is 9.59 Å². The van der Waals surface area contributed by atoms with Crippen LogP contribution in [0.4, 0.5) is 5.69 Å². The van der Waals surface area contributed by atoms with Gasteiger partial charge in [0.1, 0.15) is 10.7 Å². The predicted molar refractivity (Wildman–Crippen MR) is 136 cm³/mol. The molecule has 0 unspecified atom stereocenters. The summed E-state index contributed by atoms with van der Waals surface area (Å²) in [6, 6.07) is 15.0. The lowest BCUT2D eigenvalue weighted by atomic mass is 10.1. The van der Waals surface area contributed by atoms with E-state index in [1.165, 1.54) is 11.3 Å². The van der Waals surface area contributed by atoms with E-state index in [0.717, 1.165) is 51.3 Å². The number of fused-ring (bicyclic) bond motifs is 1. The van der Waals surface area contributed by atoms with Crippen LogP contribution in [0.15, 0.2) is 48.5 Å². The molecule has 0 bridgehead atoms. The van der Waals surface area contributed by atoms with Gasteiger partial charge in [0.05, 0.1) is 10.6 Å². The number of aryl methyl sites for hydroxylation is 3. The summed E-state index contributed by atoms with van der Waals surface area (Å²) >= 11 is 1.43. The Morgan fingerprint density at radius 1 is 1.00 bits per heavy atom. The van der Waals surface area contributed by atoms with Crippen LogP contribution in [0, 0.1) is 20.8 Å². The number of benzene rings is 2. The zero-order valence-corrected chi connectivity index (χ0v) is 20.3. The minimum atomic E-state index is -0.163. The van der Waals surface area contributed by atoms with Crippen LogP contribution >= 0.6 is 11.3 Å². The van der Waals surface area contributed by atoms with Gasteiger partial charge in [0, 0.05) is 29.1 Å². The van der Waals surface area contributed by atoms with Crippen LogP contribution in [0.3, 0.4) is 0 Å². The molecule has 2 aromatic heterocycles. The summed E-state index contributed by atoms with van der Waals surface area (Å²) in [5, 5.41) is 6.93. The molecule has 7 heteroatoms. The van der Waals surface area contributed by atoms with Crippen molar-refractivity contribution >= 4 is 39.1 Å². The monoisotopic (exact) mass is 470 g/mol. The maximum absolute atomic E-state index is 13.0. The summed E-state index contributed by atoms with van der Waals surface area (Å²) in [5.74, 6) is 1.09. The van der Waals surface area contributed by atoms with Crippen molar-refractivity contribution in [3.8, 4) is 0 Å². The van der Waals surface area contributed by atoms with Gasteiger partial charge >= 0.3 is 0 Å². The number of aromatic nitrogens is 2. The van der Waals surface area contributed by atoms with Gasteiger partial charge in [0.25, 0.3) is 11.8 Å². The fraction of sp³-hybridized carbons (Fsp3) is 0.259. The summed E-state index contributed by atoms with van der Waals surface area (Å²) in [5.41, 5.74) is 5.17. The molecule has 2 amide bonds. The van der Waals surface area contributed by atoms with Crippen molar-refractivity contribution in [2.75, 3.05) is 5.32 Å². The first-order valence-electron chi connectivity index (χ1n) is 11.4. The smallest absolute Gasteiger partial charge is 0.261 e. The third kappa shape index (κ3) is 4.56. The quantitative estimate of drug-likeness (QED) is 0.380. The highest BCUT2D eigenvalue weighted by atomic mass is 32.1. The number of nitrogens with one attached hydrogen (secondary N) is 2. The first kappa shape index (κ1) is 22.2. The van der Waals surface area contributed by atoms with Crippen LogP contribution in [0.2, 0.25) is 0 Å². The molecule has 2 N–H and O–H groups in total. The van der Waals surface area contributed by atoms with E-state index in [-0.39, 0.29) is 11.8 Å². The molecule has 5 rings (SSSR count). The largest absolute Gasteiger partial charge is 0.347 e. The van der Waals surface area contributed by atoms with Crippen LogP contribution < -0.4 is 10.6 Å². The Balaban J connectivity index is 1.28. The van der Waals surface area contributed by atoms with Crippen LogP contribution in [-0.2, 0) is 6.54 Å². The molecule has 0 atom stereocenters. The summed E-state index contributed by atoms with van der Waals surface area (Å²) in [6.07, 6.45) is 2.29. The maximum atomic E-state index is 13.0. The fourth-order valence-corrected chi connectivity index (χ4v) is 5.19. The van der Waals surface area contributed by atoms with Gasteiger partial charge in [0.2, 0.25) is 0 Å². The van der Waals surface area contributed by atoms with Gasteiger partial charge in [-0.25, -0.2) is 9.97 Å². The van der Waals surface area contributed by atoms with Crippen molar-refractivity contribution in [3.63, 3.8) is 0 Å². The maximum Gasteiger partial charge on any atom is 0.261 e. The molecule has 1 aliphatic carbocycles. The summed E-state index contributed by atoms with van der Waals surface area (Å²) in [4.78, 5) is 36.5. The van der Waals surface area contributed by atoms with Gasteiger partial charge in [-0.15, -0.1) is 11.3 Å². The molecule has 4 aromatic rings. The molecule has 1 aliphatic rings. The zero-order valence-electron chi connectivity index (χ0n) is 19.4. The van der Waals surface area contributed by atoms with Crippen molar-refractivity contribution in [1.82, 2.24) is 15.3 Å². The minimum Gasteiger partial charge on any atom is -0.347 e. The first-order valence-corrected chi connectivity index (χ1v) is 12.2. The second-order valence-corrected chi connectivity index (χ2v) is 9.88. The molecular formula is C27H26N4O2S. The Bertz CT molecular complexity index is 1400. The lowest BCUT2D eigenvalue weighted by Crippen LogP contribution is -2.22. The topological polar surface area (TPSA) is 84.0 Å². The average Bonchev–Trinajstić information content (AvgIpc) is 3.61. The zero-order chi connectivity index (χ0) is 23.8. The predicted octanol–water partition coefficient (Wildman–Crippen LogP) is 5.68. The second-order valence-electron chi connectivity index (χ2n) is 8.88. The fourth-order valence-electron chi connectivity index (χ4n) is 4.03. The molecule has 2 heterocycles. The highest BCUT2D eigenvalue weighted by molar-refractivity contribution is 7.20. The number of thiophene rings is 1. The number of nitrogens with zero attached hydrogens (tertiary/aromatic N) is 2.